The van der Waals surface area contributed by atoms with E-state index in [1.807, 2.05) is 0 Å². The number of aliphatic hydroxyl groups is 1. The Morgan fingerprint density at radius 1 is 1.30 bits per heavy atom. The number of rotatable bonds is 6. The zero-order chi connectivity index (χ0) is 14.6. The molecule has 2 rings (SSSR count). The standard InChI is InChI=1S/C16H20FNO2/c1-12(13-5-7-14(17)8-6-13)10-18-11-16(2,19)15-4-3-9-20-15/h3-9,12,18-19H,10-11H2,1-2H3/t12-,16+/m1/s1. The third-order valence-corrected chi connectivity index (χ3v) is 3.41. The van der Waals surface area contributed by atoms with Crippen LogP contribution in [0.4, 0.5) is 4.39 Å². The van der Waals surface area contributed by atoms with E-state index in [0.29, 0.717) is 18.8 Å². The Morgan fingerprint density at radius 3 is 2.60 bits per heavy atom. The van der Waals surface area contributed by atoms with Crippen molar-refractivity contribution in [1.82, 2.24) is 5.32 Å². The average molecular weight is 277 g/mol. The van der Waals surface area contributed by atoms with Gasteiger partial charge in [-0.2, -0.15) is 0 Å². The Kier molecular flexibility index (Phi) is 4.57. The number of benzene rings is 1. The van der Waals surface area contributed by atoms with Crippen molar-refractivity contribution < 1.29 is 13.9 Å². The first-order valence-corrected chi connectivity index (χ1v) is 6.71. The Labute approximate surface area is 118 Å². The zero-order valence-corrected chi connectivity index (χ0v) is 11.8. The molecule has 3 nitrogen and oxygen atoms in total. The fraction of sp³-hybridized carbons (Fsp3) is 0.375. The van der Waals surface area contributed by atoms with E-state index in [1.165, 1.54) is 12.1 Å². The van der Waals surface area contributed by atoms with Crippen LogP contribution in [-0.2, 0) is 5.60 Å². The van der Waals surface area contributed by atoms with Gasteiger partial charge in [0.25, 0.3) is 0 Å². The minimum absolute atomic E-state index is 0.227. The van der Waals surface area contributed by atoms with Crippen LogP contribution in [0.1, 0.15) is 31.1 Å². The summed E-state index contributed by atoms with van der Waals surface area (Å²) in [6.07, 6.45) is 1.55. The van der Waals surface area contributed by atoms with Gasteiger partial charge < -0.3 is 14.8 Å². The lowest BCUT2D eigenvalue weighted by Gasteiger charge is -2.22. The third kappa shape index (κ3) is 3.68. The largest absolute Gasteiger partial charge is 0.466 e. The molecule has 20 heavy (non-hydrogen) atoms. The second-order valence-corrected chi connectivity index (χ2v) is 5.33. The minimum atomic E-state index is -1.04. The van der Waals surface area contributed by atoms with Gasteiger partial charge in [0, 0.05) is 13.1 Å². The Morgan fingerprint density at radius 2 is 2.00 bits per heavy atom. The van der Waals surface area contributed by atoms with Crippen LogP contribution >= 0.6 is 0 Å². The van der Waals surface area contributed by atoms with Crippen molar-refractivity contribution in [3.63, 3.8) is 0 Å². The van der Waals surface area contributed by atoms with Gasteiger partial charge in [-0.15, -0.1) is 0 Å². The Bertz CT molecular complexity index is 520. The highest BCUT2D eigenvalue weighted by molar-refractivity contribution is 5.20. The number of furan rings is 1. The van der Waals surface area contributed by atoms with E-state index >= 15 is 0 Å². The van der Waals surface area contributed by atoms with E-state index in [-0.39, 0.29) is 11.7 Å². The molecular weight excluding hydrogens is 257 g/mol. The molecule has 0 saturated carbocycles. The van der Waals surface area contributed by atoms with Crippen LogP contribution in [0.25, 0.3) is 0 Å². The summed E-state index contributed by atoms with van der Waals surface area (Å²) < 4.78 is 18.1. The molecule has 4 heteroatoms. The van der Waals surface area contributed by atoms with Crippen LogP contribution in [0.3, 0.4) is 0 Å². The molecule has 0 radical (unpaired) electrons. The average Bonchev–Trinajstić information content (AvgIpc) is 2.94. The van der Waals surface area contributed by atoms with Crippen molar-refractivity contribution in [1.29, 1.82) is 0 Å². The molecule has 108 valence electrons. The zero-order valence-electron chi connectivity index (χ0n) is 11.8. The molecule has 0 spiro atoms. The molecule has 1 aromatic heterocycles. The maximum absolute atomic E-state index is 12.9. The SMILES string of the molecule is C[C@H](CNC[C@](C)(O)c1ccco1)c1ccc(F)cc1. The van der Waals surface area contributed by atoms with Gasteiger partial charge in [-0.05, 0) is 42.7 Å². The Balaban J connectivity index is 1.85. The lowest BCUT2D eigenvalue weighted by Crippen LogP contribution is -2.36. The van der Waals surface area contributed by atoms with Gasteiger partial charge >= 0.3 is 0 Å². The van der Waals surface area contributed by atoms with E-state index in [4.69, 9.17) is 4.42 Å². The lowest BCUT2D eigenvalue weighted by molar-refractivity contribution is 0.0342. The smallest absolute Gasteiger partial charge is 0.136 e. The van der Waals surface area contributed by atoms with Crippen LogP contribution in [0.5, 0.6) is 0 Å². The fourth-order valence-corrected chi connectivity index (χ4v) is 2.11. The van der Waals surface area contributed by atoms with Gasteiger partial charge in [0.1, 0.15) is 17.2 Å². The van der Waals surface area contributed by atoms with Crippen LogP contribution < -0.4 is 5.32 Å². The van der Waals surface area contributed by atoms with E-state index in [0.717, 1.165) is 5.56 Å². The van der Waals surface area contributed by atoms with Crippen LogP contribution in [-0.4, -0.2) is 18.2 Å². The molecule has 0 aliphatic heterocycles. The first kappa shape index (κ1) is 14.8. The molecule has 2 N–H and O–H groups in total. The predicted molar refractivity (Wildman–Crippen MR) is 76.0 cm³/mol. The highest BCUT2D eigenvalue weighted by Crippen LogP contribution is 2.20. The monoisotopic (exact) mass is 277 g/mol. The molecule has 0 amide bonds. The quantitative estimate of drug-likeness (QED) is 0.853. The van der Waals surface area contributed by atoms with E-state index < -0.39 is 5.60 Å². The molecule has 1 aromatic carbocycles. The van der Waals surface area contributed by atoms with Crippen molar-refractivity contribution in [3.8, 4) is 0 Å². The second-order valence-electron chi connectivity index (χ2n) is 5.33. The number of hydrogen-bond donors (Lipinski definition) is 2. The summed E-state index contributed by atoms with van der Waals surface area (Å²) in [6, 6.07) is 10.0. The van der Waals surface area contributed by atoms with Crippen molar-refractivity contribution in [2.45, 2.75) is 25.4 Å². The molecule has 1 heterocycles. The van der Waals surface area contributed by atoms with Crippen molar-refractivity contribution in [3.05, 3.63) is 59.8 Å². The second kappa shape index (κ2) is 6.20. The molecule has 2 aromatic rings. The van der Waals surface area contributed by atoms with Gasteiger partial charge in [0.05, 0.1) is 6.26 Å². The Hall–Kier alpha value is -1.65. The normalized spacial score (nSPS) is 15.8. The van der Waals surface area contributed by atoms with E-state index in [9.17, 15) is 9.50 Å². The van der Waals surface area contributed by atoms with Crippen LogP contribution in [0.2, 0.25) is 0 Å². The molecular formula is C16H20FNO2. The highest BCUT2D eigenvalue weighted by atomic mass is 19.1. The highest BCUT2D eigenvalue weighted by Gasteiger charge is 2.25. The van der Waals surface area contributed by atoms with E-state index in [1.54, 1.807) is 37.5 Å². The molecule has 0 unspecified atom stereocenters. The summed E-state index contributed by atoms with van der Waals surface area (Å²) >= 11 is 0. The summed E-state index contributed by atoms with van der Waals surface area (Å²) in [4.78, 5) is 0. The summed E-state index contributed by atoms with van der Waals surface area (Å²) in [5.41, 5.74) is 0.0305. The molecule has 0 aliphatic rings. The van der Waals surface area contributed by atoms with Crippen molar-refractivity contribution in [2.75, 3.05) is 13.1 Å². The van der Waals surface area contributed by atoms with Gasteiger partial charge in [-0.3, -0.25) is 0 Å². The van der Waals surface area contributed by atoms with Gasteiger partial charge in [-0.25, -0.2) is 4.39 Å². The topological polar surface area (TPSA) is 45.4 Å². The molecule has 0 bridgehead atoms. The summed E-state index contributed by atoms with van der Waals surface area (Å²) in [6.45, 7) is 4.86. The number of nitrogens with one attached hydrogen (secondary N) is 1. The third-order valence-electron chi connectivity index (χ3n) is 3.41. The van der Waals surface area contributed by atoms with E-state index in [2.05, 4.69) is 12.2 Å². The van der Waals surface area contributed by atoms with Gasteiger partial charge in [-0.1, -0.05) is 19.1 Å². The molecule has 0 aliphatic carbocycles. The van der Waals surface area contributed by atoms with Crippen LogP contribution in [0, 0.1) is 5.82 Å². The summed E-state index contributed by atoms with van der Waals surface area (Å²) in [5, 5.41) is 13.5. The molecule has 0 fully saturated rings. The molecule has 0 saturated heterocycles. The summed E-state index contributed by atoms with van der Waals surface area (Å²) in [5.74, 6) is 0.553. The maximum atomic E-state index is 12.9. The number of hydrogen-bond acceptors (Lipinski definition) is 3. The number of halogens is 1. The first-order chi connectivity index (χ1) is 9.49. The fourth-order valence-electron chi connectivity index (χ4n) is 2.11. The van der Waals surface area contributed by atoms with Gasteiger partial charge in [0.2, 0.25) is 0 Å². The predicted octanol–water partition coefficient (Wildman–Crippen LogP) is 3.02. The summed E-state index contributed by atoms with van der Waals surface area (Å²) in [7, 11) is 0. The molecule has 2 atom stereocenters. The van der Waals surface area contributed by atoms with Crippen LogP contribution in [0.15, 0.2) is 47.1 Å². The van der Waals surface area contributed by atoms with Crippen molar-refractivity contribution in [2.24, 2.45) is 0 Å². The van der Waals surface area contributed by atoms with Crippen molar-refractivity contribution >= 4 is 0 Å². The lowest BCUT2D eigenvalue weighted by atomic mass is 10.00. The van der Waals surface area contributed by atoms with Gasteiger partial charge in [0.15, 0.2) is 0 Å². The maximum Gasteiger partial charge on any atom is 0.136 e. The minimum Gasteiger partial charge on any atom is -0.466 e. The first-order valence-electron chi connectivity index (χ1n) is 6.71.